The van der Waals surface area contributed by atoms with Gasteiger partial charge in [-0.1, -0.05) is 12.1 Å². The number of hydrogen-bond acceptors (Lipinski definition) is 3. The van der Waals surface area contributed by atoms with Gasteiger partial charge in [0.25, 0.3) is 5.91 Å². The summed E-state index contributed by atoms with van der Waals surface area (Å²) in [5.74, 6) is -0.0807. The normalized spacial score (nSPS) is 16.5. The molecule has 0 radical (unpaired) electrons. The molecule has 2 rings (SSSR count). The van der Waals surface area contributed by atoms with Gasteiger partial charge >= 0.3 is 0 Å². The lowest BCUT2D eigenvalue weighted by molar-refractivity contribution is 0.0704. The Morgan fingerprint density at radius 3 is 2.59 bits per heavy atom. The van der Waals surface area contributed by atoms with Crippen molar-refractivity contribution in [2.75, 3.05) is 13.1 Å². The minimum atomic E-state index is -0.153. The standard InChI is InChI=1S/C13H14N2O2/c14-9-10-5-7-15(8-6-10)13(17)11-3-1-2-4-12(11)16/h1-4,10,16H,5-8H2. The van der Waals surface area contributed by atoms with Crippen molar-refractivity contribution in [1.82, 2.24) is 4.90 Å². The van der Waals surface area contributed by atoms with Gasteiger partial charge in [0.2, 0.25) is 0 Å². The first kappa shape index (κ1) is 11.5. The van der Waals surface area contributed by atoms with Gasteiger partial charge in [-0.05, 0) is 25.0 Å². The van der Waals surface area contributed by atoms with Crippen molar-refractivity contribution < 1.29 is 9.90 Å². The van der Waals surface area contributed by atoms with Crippen molar-refractivity contribution in [2.45, 2.75) is 12.8 Å². The monoisotopic (exact) mass is 230 g/mol. The third-order valence-corrected chi connectivity index (χ3v) is 3.10. The summed E-state index contributed by atoms with van der Waals surface area (Å²) in [6.07, 6.45) is 1.44. The zero-order chi connectivity index (χ0) is 12.3. The summed E-state index contributed by atoms with van der Waals surface area (Å²) < 4.78 is 0. The van der Waals surface area contributed by atoms with E-state index in [1.165, 1.54) is 6.07 Å². The molecule has 0 unspecified atom stereocenters. The lowest BCUT2D eigenvalue weighted by atomic mass is 9.98. The second-order valence-electron chi connectivity index (χ2n) is 4.21. The number of para-hydroxylation sites is 1. The molecule has 1 aromatic rings. The Bertz CT molecular complexity index is 457. The maximum Gasteiger partial charge on any atom is 0.257 e. The average Bonchev–Trinajstić information content (AvgIpc) is 2.39. The molecular weight excluding hydrogens is 216 g/mol. The van der Waals surface area contributed by atoms with Gasteiger partial charge in [0.15, 0.2) is 0 Å². The molecule has 0 spiro atoms. The average molecular weight is 230 g/mol. The Hall–Kier alpha value is -2.02. The minimum absolute atomic E-state index is 0.0138. The molecular formula is C13H14N2O2. The van der Waals surface area contributed by atoms with Crippen molar-refractivity contribution in [3.8, 4) is 11.8 Å². The van der Waals surface area contributed by atoms with Crippen LogP contribution in [0.2, 0.25) is 0 Å². The number of phenols is 1. The lowest BCUT2D eigenvalue weighted by Crippen LogP contribution is -2.38. The zero-order valence-electron chi connectivity index (χ0n) is 9.47. The van der Waals surface area contributed by atoms with E-state index < -0.39 is 0 Å². The van der Waals surface area contributed by atoms with E-state index in [1.54, 1.807) is 23.1 Å². The summed E-state index contributed by atoms with van der Waals surface area (Å²) in [4.78, 5) is 13.8. The molecule has 1 aliphatic rings. The van der Waals surface area contributed by atoms with E-state index in [1.807, 2.05) is 0 Å². The highest BCUT2D eigenvalue weighted by atomic mass is 16.3. The number of nitrogens with zero attached hydrogens (tertiary/aromatic N) is 2. The van der Waals surface area contributed by atoms with E-state index in [4.69, 9.17) is 5.26 Å². The van der Waals surface area contributed by atoms with Gasteiger partial charge in [-0.3, -0.25) is 4.79 Å². The van der Waals surface area contributed by atoms with Crippen LogP contribution in [0.1, 0.15) is 23.2 Å². The molecule has 0 saturated carbocycles. The molecule has 0 aromatic heterocycles. The molecule has 1 amide bonds. The first-order valence-electron chi connectivity index (χ1n) is 5.69. The molecule has 1 heterocycles. The Morgan fingerprint density at radius 2 is 2.00 bits per heavy atom. The Morgan fingerprint density at radius 1 is 1.35 bits per heavy atom. The second-order valence-corrected chi connectivity index (χ2v) is 4.21. The number of carbonyl (C=O) groups is 1. The van der Waals surface area contributed by atoms with Crippen LogP contribution in [0.15, 0.2) is 24.3 Å². The molecule has 1 N–H and O–H groups in total. The Balaban J connectivity index is 2.08. The number of aromatic hydroxyl groups is 1. The number of carbonyl (C=O) groups excluding carboxylic acids is 1. The lowest BCUT2D eigenvalue weighted by Gasteiger charge is -2.29. The SMILES string of the molecule is N#CC1CCN(C(=O)c2ccccc2O)CC1. The van der Waals surface area contributed by atoms with Crippen molar-refractivity contribution in [3.63, 3.8) is 0 Å². The van der Waals surface area contributed by atoms with Crippen LogP contribution < -0.4 is 0 Å². The molecule has 17 heavy (non-hydrogen) atoms. The predicted octanol–water partition coefficient (Wildman–Crippen LogP) is 1.77. The van der Waals surface area contributed by atoms with Crippen molar-refractivity contribution >= 4 is 5.91 Å². The van der Waals surface area contributed by atoms with Crippen LogP contribution in [-0.2, 0) is 0 Å². The Kier molecular flexibility index (Phi) is 3.29. The molecule has 88 valence electrons. The summed E-state index contributed by atoms with van der Waals surface area (Å²) in [5.41, 5.74) is 0.336. The number of piperidine rings is 1. The largest absolute Gasteiger partial charge is 0.507 e. The maximum atomic E-state index is 12.1. The fourth-order valence-electron chi connectivity index (χ4n) is 2.04. The third-order valence-electron chi connectivity index (χ3n) is 3.10. The molecule has 4 heteroatoms. The second kappa shape index (κ2) is 4.88. The van der Waals surface area contributed by atoms with E-state index in [9.17, 15) is 9.90 Å². The number of phenolic OH excluding ortho intramolecular Hbond substituents is 1. The van der Waals surface area contributed by atoms with Crippen LogP contribution in [0.3, 0.4) is 0 Å². The van der Waals surface area contributed by atoms with E-state index in [-0.39, 0.29) is 17.6 Å². The number of rotatable bonds is 1. The molecule has 0 bridgehead atoms. The highest BCUT2D eigenvalue weighted by molar-refractivity contribution is 5.96. The van der Waals surface area contributed by atoms with Gasteiger partial charge in [0.1, 0.15) is 5.75 Å². The molecule has 1 aliphatic heterocycles. The van der Waals surface area contributed by atoms with Crippen LogP contribution in [0.4, 0.5) is 0 Å². The van der Waals surface area contributed by atoms with E-state index in [0.717, 1.165) is 12.8 Å². The zero-order valence-corrected chi connectivity index (χ0v) is 9.47. The van der Waals surface area contributed by atoms with Crippen LogP contribution in [0, 0.1) is 17.2 Å². The third kappa shape index (κ3) is 2.39. The first-order valence-corrected chi connectivity index (χ1v) is 5.69. The molecule has 0 aliphatic carbocycles. The van der Waals surface area contributed by atoms with Gasteiger partial charge in [0.05, 0.1) is 11.6 Å². The number of hydrogen-bond donors (Lipinski definition) is 1. The fourth-order valence-corrected chi connectivity index (χ4v) is 2.04. The van der Waals surface area contributed by atoms with E-state index in [0.29, 0.717) is 18.7 Å². The molecule has 1 saturated heterocycles. The van der Waals surface area contributed by atoms with Crippen LogP contribution in [-0.4, -0.2) is 29.0 Å². The number of benzene rings is 1. The molecule has 4 nitrogen and oxygen atoms in total. The number of nitriles is 1. The van der Waals surface area contributed by atoms with E-state index >= 15 is 0 Å². The first-order chi connectivity index (χ1) is 8.22. The minimum Gasteiger partial charge on any atom is -0.507 e. The Labute approximate surface area is 100 Å². The molecule has 0 atom stereocenters. The quantitative estimate of drug-likeness (QED) is 0.799. The maximum absolute atomic E-state index is 12.1. The van der Waals surface area contributed by atoms with Crippen molar-refractivity contribution in [3.05, 3.63) is 29.8 Å². The predicted molar refractivity (Wildman–Crippen MR) is 62.3 cm³/mol. The fraction of sp³-hybridized carbons (Fsp3) is 0.385. The van der Waals surface area contributed by atoms with Crippen LogP contribution in [0.25, 0.3) is 0 Å². The highest BCUT2D eigenvalue weighted by Gasteiger charge is 2.24. The summed E-state index contributed by atoms with van der Waals surface area (Å²) in [7, 11) is 0. The summed E-state index contributed by atoms with van der Waals surface area (Å²) >= 11 is 0. The number of amides is 1. The summed E-state index contributed by atoms with van der Waals surface area (Å²) in [6, 6.07) is 8.78. The van der Waals surface area contributed by atoms with Crippen LogP contribution >= 0.6 is 0 Å². The smallest absolute Gasteiger partial charge is 0.257 e. The van der Waals surface area contributed by atoms with Crippen molar-refractivity contribution in [1.29, 1.82) is 5.26 Å². The van der Waals surface area contributed by atoms with Gasteiger partial charge in [-0.25, -0.2) is 0 Å². The van der Waals surface area contributed by atoms with Gasteiger partial charge < -0.3 is 10.0 Å². The van der Waals surface area contributed by atoms with Crippen molar-refractivity contribution in [2.24, 2.45) is 5.92 Å². The topological polar surface area (TPSA) is 64.3 Å². The van der Waals surface area contributed by atoms with Gasteiger partial charge in [-0.2, -0.15) is 5.26 Å². The van der Waals surface area contributed by atoms with Gasteiger partial charge in [0, 0.05) is 19.0 Å². The van der Waals surface area contributed by atoms with Crippen LogP contribution in [0.5, 0.6) is 5.75 Å². The summed E-state index contributed by atoms with van der Waals surface area (Å²) in [6.45, 7) is 1.18. The summed E-state index contributed by atoms with van der Waals surface area (Å²) in [5, 5.41) is 18.4. The highest BCUT2D eigenvalue weighted by Crippen LogP contribution is 2.22. The van der Waals surface area contributed by atoms with E-state index in [2.05, 4.69) is 6.07 Å². The number of likely N-dealkylation sites (tertiary alicyclic amines) is 1. The molecule has 1 aromatic carbocycles. The van der Waals surface area contributed by atoms with Gasteiger partial charge in [-0.15, -0.1) is 0 Å². The molecule has 1 fully saturated rings.